The third-order valence-corrected chi connectivity index (χ3v) is 6.93. The average molecular weight is 452 g/mol. The van der Waals surface area contributed by atoms with Gasteiger partial charge in [0.25, 0.3) is 5.91 Å². The molecule has 7 nitrogen and oxygen atoms in total. The maximum absolute atomic E-state index is 13.4. The number of carbonyl (C=O) groups is 1. The highest BCUT2D eigenvalue weighted by Gasteiger charge is 2.54. The van der Waals surface area contributed by atoms with E-state index in [0.29, 0.717) is 27.7 Å². The highest BCUT2D eigenvalue weighted by Crippen LogP contribution is 2.63. The number of fused-ring (bicyclic) bond motifs is 6. The minimum atomic E-state index is -4.39. The molecule has 6 rings (SSSR count). The number of aromatic nitrogens is 4. The third-order valence-electron chi connectivity index (χ3n) is 6.93. The van der Waals surface area contributed by atoms with E-state index in [4.69, 9.17) is 5.73 Å². The van der Waals surface area contributed by atoms with Crippen molar-refractivity contribution in [2.75, 3.05) is 12.8 Å². The topological polar surface area (TPSA) is 89.9 Å². The maximum atomic E-state index is 13.4. The number of pyridine rings is 2. The summed E-state index contributed by atoms with van der Waals surface area (Å²) in [7, 11) is 3.47. The van der Waals surface area contributed by atoms with Crippen LogP contribution >= 0.6 is 0 Å². The van der Waals surface area contributed by atoms with Crippen molar-refractivity contribution in [2.45, 2.75) is 24.6 Å². The van der Waals surface area contributed by atoms with E-state index >= 15 is 0 Å². The molecule has 10 heteroatoms. The number of nitrogen functional groups attached to an aromatic ring is 1. The summed E-state index contributed by atoms with van der Waals surface area (Å²) in [5, 5.41) is 5.64. The van der Waals surface area contributed by atoms with Crippen LogP contribution in [0.5, 0.6) is 0 Å². The molecule has 0 radical (unpaired) electrons. The van der Waals surface area contributed by atoms with Crippen molar-refractivity contribution in [1.82, 2.24) is 24.6 Å². The van der Waals surface area contributed by atoms with Crippen molar-refractivity contribution in [2.24, 2.45) is 13.0 Å². The van der Waals surface area contributed by atoms with Gasteiger partial charge in [-0.3, -0.25) is 9.48 Å². The molecule has 0 aliphatic heterocycles. The number of nitrogens with zero attached hydrogens (tertiary/aromatic N) is 5. The van der Waals surface area contributed by atoms with Gasteiger partial charge in [0.2, 0.25) is 0 Å². The van der Waals surface area contributed by atoms with Crippen molar-refractivity contribution < 1.29 is 18.0 Å². The summed E-state index contributed by atoms with van der Waals surface area (Å²) >= 11 is 0. The second kappa shape index (κ2) is 6.43. The SMILES string of the molecule is CN(C(=O)c1cc2c(cn1)nc(N)c1cnn(C)c12)[C@H]1c2ccc(C(F)(F)F)cc2C2CC21. The molecular formula is C23H19F3N6O. The van der Waals surface area contributed by atoms with E-state index in [0.717, 1.165) is 23.6 Å². The van der Waals surface area contributed by atoms with Crippen LogP contribution < -0.4 is 5.73 Å². The van der Waals surface area contributed by atoms with Crippen molar-refractivity contribution in [3.05, 3.63) is 59.0 Å². The van der Waals surface area contributed by atoms with Crippen LogP contribution in [0.2, 0.25) is 0 Å². The van der Waals surface area contributed by atoms with Gasteiger partial charge in [-0.25, -0.2) is 9.97 Å². The Balaban J connectivity index is 1.39. The van der Waals surface area contributed by atoms with Gasteiger partial charge in [0.15, 0.2) is 0 Å². The molecule has 33 heavy (non-hydrogen) atoms. The summed E-state index contributed by atoms with van der Waals surface area (Å²) in [6, 6.07) is 5.24. The Hall–Kier alpha value is -3.69. The number of amides is 1. The van der Waals surface area contributed by atoms with Gasteiger partial charge in [0.05, 0.1) is 40.4 Å². The first-order chi connectivity index (χ1) is 15.6. The van der Waals surface area contributed by atoms with E-state index in [1.54, 1.807) is 35.9 Å². The Bertz CT molecular complexity index is 1480. The van der Waals surface area contributed by atoms with Crippen LogP contribution in [0.25, 0.3) is 21.8 Å². The summed E-state index contributed by atoms with van der Waals surface area (Å²) in [5.74, 6) is 0.230. The van der Waals surface area contributed by atoms with Gasteiger partial charge in [-0.1, -0.05) is 6.07 Å². The average Bonchev–Trinajstić information content (AvgIpc) is 3.35. The first-order valence-electron chi connectivity index (χ1n) is 10.5. The molecule has 2 aliphatic rings. The highest BCUT2D eigenvalue weighted by molar-refractivity contribution is 6.09. The Morgan fingerprint density at radius 3 is 2.73 bits per heavy atom. The molecule has 4 aromatic rings. The van der Waals surface area contributed by atoms with Crippen molar-refractivity contribution in [3.63, 3.8) is 0 Å². The molecule has 2 N–H and O–H groups in total. The lowest BCUT2D eigenvalue weighted by molar-refractivity contribution is -0.137. The zero-order valence-electron chi connectivity index (χ0n) is 17.8. The molecule has 1 saturated carbocycles. The lowest BCUT2D eigenvalue weighted by Crippen LogP contribution is -2.32. The standard InChI is InChI=1S/C23H19F3N6O/c1-31(19-11-4-3-10(23(24,25)26)5-12(11)13-6-14(13)19)22(33)17-7-15-18(9-28-17)30-21(27)16-8-29-32(2)20(15)16/h3-5,7-9,13-14,19H,6H2,1-2H3,(H2,27,30)/t13?,14?,19-/m0/s1. The van der Waals surface area contributed by atoms with Crippen LogP contribution in [0, 0.1) is 5.92 Å². The van der Waals surface area contributed by atoms with E-state index in [9.17, 15) is 18.0 Å². The lowest BCUT2D eigenvalue weighted by atomic mass is 9.98. The number of aryl methyl sites for hydroxylation is 1. The lowest BCUT2D eigenvalue weighted by Gasteiger charge is -2.27. The second-order valence-corrected chi connectivity index (χ2v) is 8.82. The van der Waals surface area contributed by atoms with Crippen LogP contribution in [-0.4, -0.2) is 37.6 Å². The molecule has 3 heterocycles. The van der Waals surface area contributed by atoms with Crippen LogP contribution in [0.4, 0.5) is 19.0 Å². The predicted octanol–water partition coefficient (Wildman–Crippen LogP) is 4.05. The van der Waals surface area contributed by atoms with Crippen LogP contribution in [0.1, 0.15) is 45.6 Å². The molecule has 2 aliphatic carbocycles. The van der Waals surface area contributed by atoms with E-state index in [1.165, 1.54) is 18.3 Å². The van der Waals surface area contributed by atoms with Crippen LogP contribution in [-0.2, 0) is 13.2 Å². The van der Waals surface area contributed by atoms with Gasteiger partial charge in [-0.05, 0) is 47.6 Å². The normalized spacial score (nSPS) is 21.3. The number of halogens is 3. The molecule has 0 spiro atoms. The van der Waals surface area contributed by atoms with E-state index < -0.39 is 11.7 Å². The summed E-state index contributed by atoms with van der Waals surface area (Å²) in [6.45, 7) is 0. The zero-order chi connectivity index (χ0) is 23.2. The Morgan fingerprint density at radius 1 is 1.18 bits per heavy atom. The monoisotopic (exact) mass is 452 g/mol. The van der Waals surface area contributed by atoms with Crippen molar-refractivity contribution in [1.29, 1.82) is 0 Å². The van der Waals surface area contributed by atoms with Gasteiger partial charge in [0.1, 0.15) is 11.5 Å². The Labute approximate surface area is 186 Å². The van der Waals surface area contributed by atoms with E-state index in [-0.39, 0.29) is 29.5 Å². The largest absolute Gasteiger partial charge is 0.416 e. The fraction of sp³-hybridized carbons (Fsp3) is 0.304. The van der Waals surface area contributed by atoms with Crippen molar-refractivity contribution >= 4 is 33.5 Å². The van der Waals surface area contributed by atoms with Gasteiger partial charge in [0, 0.05) is 19.5 Å². The first kappa shape index (κ1) is 20.0. The van der Waals surface area contributed by atoms with Gasteiger partial charge in [-0.15, -0.1) is 0 Å². The van der Waals surface area contributed by atoms with E-state index in [2.05, 4.69) is 15.1 Å². The van der Waals surface area contributed by atoms with Gasteiger partial charge < -0.3 is 10.6 Å². The molecular weight excluding hydrogens is 433 g/mol. The van der Waals surface area contributed by atoms with Gasteiger partial charge in [-0.2, -0.15) is 18.3 Å². The second-order valence-electron chi connectivity index (χ2n) is 8.82. The summed E-state index contributed by atoms with van der Waals surface area (Å²) < 4.78 is 41.2. The fourth-order valence-corrected chi connectivity index (χ4v) is 5.27. The summed E-state index contributed by atoms with van der Waals surface area (Å²) in [4.78, 5) is 23.7. The Morgan fingerprint density at radius 2 is 1.97 bits per heavy atom. The molecule has 1 amide bonds. The molecule has 168 valence electrons. The van der Waals surface area contributed by atoms with Crippen LogP contribution in [0.3, 0.4) is 0 Å². The van der Waals surface area contributed by atoms with Crippen molar-refractivity contribution in [3.8, 4) is 0 Å². The number of hydrogen-bond acceptors (Lipinski definition) is 5. The van der Waals surface area contributed by atoms with Crippen LogP contribution in [0.15, 0.2) is 36.7 Å². The first-order valence-corrected chi connectivity index (χ1v) is 10.5. The number of benzene rings is 1. The molecule has 0 bridgehead atoms. The fourth-order valence-electron chi connectivity index (χ4n) is 5.27. The number of anilines is 1. The number of rotatable bonds is 2. The minimum absolute atomic E-state index is 0.0633. The number of hydrogen-bond donors (Lipinski definition) is 1. The Kier molecular flexibility index (Phi) is 3.89. The quantitative estimate of drug-likeness (QED) is 0.496. The molecule has 2 unspecified atom stereocenters. The zero-order valence-corrected chi connectivity index (χ0v) is 17.8. The number of nitrogens with two attached hydrogens (primary N) is 1. The summed E-state index contributed by atoms with van der Waals surface area (Å²) in [5.41, 5.74) is 8.40. The number of carbonyl (C=O) groups excluding carboxylic acids is 1. The summed E-state index contributed by atoms with van der Waals surface area (Å²) in [6.07, 6.45) is -0.468. The molecule has 0 saturated heterocycles. The third kappa shape index (κ3) is 2.82. The van der Waals surface area contributed by atoms with Gasteiger partial charge >= 0.3 is 6.18 Å². The van der Waals surface area contributed by atoms with E-state index in [1.807, 2.05) is 0 Å². The minimum Gasteiger partial charge on any atom is -0.383 e. The highest BCUT2D eigenvalue weighted by atomic mass is 19.4. The molecule has 1 aromatic carbocycles. The molecule has 3 aromatic heterocycles. The predicted molar refractivity (Wildman–Crippen MR) is 115 cm³/mol. The number of alkyl halides is 3. The molecule has 3 atom stereocenters. The smallest absolute Gasteiger partial charge is 0.383 e. The molecule has 1 fully saturated rings. The maximum Gasteiger partial charge on any atom is 0.416 e.